The number of hydrogen-bond acceptors (Lipinski definition) is 4. The number of hydrogen-bond donors (Lipinski definition) is 0. The molecule has 0 bridgehead atoms. The lowest BCUT2D eigenvalue weighted by atomic mass is 10.5. The van der Waals surface area contributed by atoms with Crippen LogP contribution in [0.15, 0.2) is 4.41 Å². The second-order valence-electron chi connectivity index (χ2n) is 6.20. The van der Waals surface area contributed by atoms with Gasteiger partial charge in [0.15, 0.2) is 8.24 Å². The van der Waals surface area contributed by atoms with Crippen molar-refractivity contribution in [1.82, 2.24) is 0 Å². The van der Waals surface area contributed by atoms with Gasteiger partial charge in [-0.2, -0.15) is 0 Å². The molecule has 0 aromatic carbocycles. The number of nitrogens with zero attached hydrogens (tertiary/aromatic N) is 1. The highest BCUT2D eigenvalue weighted by Gasteiger charge is 2.31. The van der Waals surface area contributed by atoms with Gasteiger partial charge in [0.2, 0.25) is 0 Å². The first-order valence-electron chi connectivity index (χ1n) is 6.64. The van der Waals surface area contributed by atoms with E-state index in [-0.39, 0.29) is 18.3 Å². The Kier molecular flexibility index (Phi) is 7.33. The van der Waals surface area contributed by atoms with Gasteiger partial charge in [0, 0.05) is 0 Å². The number of rotatable bonds is 7. The lowest BCUT2D eigenvalue weighted by Crippen LogP contribution is -2.21. The van der Waals surface area contributed by atoms with Crippen molar-refractivity contribution in [3.63, 3.8) is 0 Å². The van der Waals surface area contributed by atoms with Crippen LogP contribution in [-0.2, 0) is 13.6 Å². The van der Waals surface area contributed by atoms with Crippen LogP contribution in [0.2, 0.25) is 19.6 Å². The van der Waals surface area contributed by atoms with Gasteiger partial charge in [-0.1, -0.05) is 0 Å². The first-order valence-corrected chi connectivity index (χ1v) is 11.6. The Morgan fingerprint density at radius 3 is 1.17 bits per heavy atom. The molecule has 4 nitrogen and oxygen atoms in total. The Bertz CT molecular complexity index is 265. The maximum atomic E-state index is 5.97. The zero-order valence-corrected chi connectivity index (χ0v) is 15.2. The van der Waals surface area contributed by atoms with Crippen molar-refractivity contribution >= 4 is 16.0 Å². The van der Waals surface area contributed by atoms with Crippen LogP contribution in [0.25, 0.3) is 0 Å². The van der Waals surface area contributed by atoms with E-state index in [2.05, 4.69) is 19.6 Å². The smallest absolute Gasteiger partial charge is 0.300 e. The maximum Gasteiger partial charge on any atom is 0.347 e. The second kappa shape index (κ2) is 7.20. The highest BCUT2D eigenvalue weighted by Crippen LogP contribution is 2.57. The van der Waals surface area contributed by atoms with Crippen molar-refractivity contribution in [1.29, 1.82) is 0 Å². The van der Waals surface area contributed by atoms with Crippen molar-refractivity contribution in [2.24, 2.45) is 4.41 Å². The molecule has 0 spiro atoms. The topological polar surface area (TPSA) is 40.0 Å². The fourth-order valence-electron chi connectivity index (χ4n) is 1.31. The second-order valence-corrected chi connectivity index (χ2v) is 12.9. The van der Waals surface area contributed by atoms with Crippen molar-refractivity contribution in [3.8, 4) is 0 Å². The lowest BCUT2D eigenvalue weighted by Gasteiger charge is -2.31. The van der Waals surface area contributed by atoms with Crippen LogP contribution in [-0.4, -0.2) is 26.5 Å². The van der Waals surface area contributed by atoms with Crippen LogP contribution in [0.1, 0.15) is 41.5 Å². The molecule has 0 fully saturated rings. The molecule has 0 heterocycles. The Balaban J connectivity index is 5.46. The quantitative estimate of drug-likeness (QED) is 0.488. The van der Waals surface area contributed by atoms with E-state index >= 15 is 0 Å². The summed E-state index contributed by atoms with van der Waals surface area (Å²) in [6.07, 6.45) is 0.114. The molecule has 0 amide bonds. The molecule has 0 rings (SSSR count). The zero-order chi connectivity index (χ0) is 14.6. The fourth-order valence-corrected chi connectivity index (χ4v) is 6.56. The van der Waals surface area contributed by atoms with E-state index in [9.17, 15) is 0 Å². The van der Waals surface area contributed by atoms with Gasteiger partial charge >= 0.3 is 7.74 Å². The standard InChI is InChI=1S/C12H30NO3PSi/c1-10(2)14-17(15-11(3)4,16-12(5)6)13-18(7,8)9/h10-12H,1-9H3. The van der Waals surface area contributed by atoms with E-state index in [1.54, 1.807) is 0 Å². The van der Waals surface area contributed by atoms with Gasteiger partial charge < -0.3 is 13.6 Å². The largest absolute Gasteiger partial charge is 0.347 e. The summed E-state index contributed by atoms with van der Waals surface area (Å²) in [7, 11) is -4.29. The third-order valence-corrected chi connectivity index (χ3v) is 6.90. The van der Waals surface area contributed by atoms with Gasteiger partial charge in [0.1, 0.15) is 0 Å². The van der Waals surface area contributed by atoms with Crippen LogP contribution in [0.4, 0.5) is 0 Å². The summed E-state index contributed by atoms with van der Waals surface area (Å²) in [6.45, 7) is 18.4. The van der Waals surface area contributed by atoms with E-state index in [4.69, 9.17) is 18.0 Å². The van der Waals surface area contributed by atoms with Crippen molar-refractivity contribution < 1.29 is 13.6 Å². The molecule has 0 radical (unpaired) electrons. The molecule has 0 aliphatic rings. The normalized spacial score (nSPS) is 13.8. The summed E-state index contributed by atoms with van der Waals surface area (Å²) in [4.78, 5) is 0. The summed E-state index contributed by atoms with van der Waals surface area (Å²) < 4.78 is 22.8. The van der Waals surface area contributed by atoms with E-state index < -0.39 is 16.0 Å². The molecule has 0 aromatic heterocycles. The molecule has 0 aromatic rings. The minimum absolute atomic E-state index is 0.0379. The average Bonchev–Trinajstić information content (AvgIpc) is 1.92. The van der Waals surface area contributed by atoms with Crippen LogP contribution in [0.3, 0.4) is 0 Å². The monoisotopic (exact) mass is 295 g/mol. The SMILES string of the molecule is CC(C)OP(=N[Si](C)(C)C)(OC(C)C)OC(C)C. The van der Waals surface area contributed by atoms with Crippen molar-refractivity contribution in [3.05, 3.63) is 0 Å². The Morgan fingerprint density at radius 1 is 0.722 bits per heavy atom. The van der Waals surface area contributed by atoms with Gasteiger partial charge in [-0.05, 0) is 61.2 Å². The molecule has 110 valence electrons. The minimum Gasteiger partial charge on any atom is -0.300 e. The average molecular weight is 295 g/mol. The van der Waals surface area contributed by atoms with E-state index in [0.717, 1.165) is 0 Å². The molecule has 0 aliphatic heterocycles. The van der Waals surface area contributed by atoms with Crippen molar-refractivity contribution in [2.45, 2.75) is 79.5 Å². The predicted molar refractivity (Wildman–Crippen MR) is 81.4 cm³/mol. The van der Waals surface area contributed by atoms with Gasteiger partial charge in [-0.3, -0.25) is 4.41 Å². The van der Waals surface area contributed by atoms with Gasteiger partial charge in [-0.25, -0.2) is 0 Å². The highest BCUT2D eigenvalue weighted by molar-refractivity contribution is 7.52. The lowest BCUT2D eigenvalue weighted by molar-refractivity contribution is 0.0841. The van der Waals surface area contributed by atoms with Crippen LogP contribution < -0.4 is 0 Å². The Hall–Kier alpha value is 0.327. The molecule has 0 saturated carbocycles. The molecular weight excluding hydrogens is 265 g/mol. The Morgan fingerprint density at radius 2 is 1.00 bits per heavy atom. The molecule has 0 atom stereocenters. The maximum absolute atomic E-state index is 5.97. The summed E-state index contributed by atoms with van der Waals surface area (Å²) in [5.41, 5.74) is 0. The van der Waals surface area contributed by atoms with Crippen LogP contribution in [0.5, 0.6) is 0 Å². The Labute approximate surface area is 114 Å². The van der Waals surface area contributed by atoms with E-state index in [1.165, 1.54) is 0 Å². The van der Waals surface area contributed by atoms with Crippen LogP contribution >= 0.6 is 7.74 Å². The molecule has 0 N–H and O–H groups in total. The molecule has 0 saturated heterocycles. The minimum atomic E-state index is -2.60. The molecular formula is C12H30NO3PSi. The third-order valence-electron chi connectivity index (χ3n) is 1.45. The highest BCUT2D eigenvalue weighted by atomic mass is 31.2. The van der Waals surface area contributed by atoms with Gasteiger partial charge in [-0.15, -0.1) is 0 Å². The zero-order valence-electron chi connectivity index (χ0n) is 13.4. The summed E-state index contributed by atoms with van der Waals surface area (Å²) >= 11 is 0. The van der Waals surface area contributed by atoms with Crippen molar-refractivity contribution in [2.75, 3.05) is 0 Å². The summed E-state index contributed by atoms with van der Waals surface area (Å²) in [5.74, 6) is 0. The van der Waals surface area contributed by atoms with E-state index in [1.807, 2.05) is 41.5 Å². The first-order chi connectivity index (χ1) is 7.96. The molecule has 18 heavy (non-hydrogen) atoms. The summed E-state index contributed by atoms with van der Waals surface area (Å²) in [6, 6.07) is 0. The first kappa shape index (κ1) is 18.3. The van der Waals surface area contributed by atoms with Crippen LogP contribution in [0, 0.1) is 0 Å². The summed E-state index contributed by atoms with van der Waals surface area (Å²) in [5, 5.41) is 0. The molecule has 0 unspecified atom stereocenters. The predicted octanol–water partition coefficient (Wildman–Crippen LogP) is 5.04. The van der Waals surface area contributed by atoms with E-state index in [0.29, 0.717) is 0 Å². The third kappa shape index (κ3) is 8.43. The van der Waals surface area contributed by atoms with Gasteiger partial charge in [0.05, 0.1) is 18.3 Å². The van der Waals surface area contributed by atoms with Gasteiger partial charge in [0.25, 0.3) is 0 Å². The fraction of sp³-hybridized carbons (Fsp3) is 1.00. The molecule has 0 aliphatic carbocycles. The molecule has 6 heteroatoms.